The van der Waals surface area contributed by atoms with Crippen LogP contribution in [-0.2, 0) is 9.53 Å². The number of rotatable bonds is 9. The van der Waals surface area contributed by atoms with Crippen molar-refractivity contribution in [3.8, 4) is 5.88 Å². The van der Waals surface area contributed by atoms with E-state index in [2.05, 4.69) is 4.98 Å². The van der Waals surface area contributed by atoms with E-state index in [1.807, 2.05) is 36.6 Å². The fourth-order valence-corrected chi connectivity index (χ4v) is 6.56. The van der Waals surface area contributed by atoms with E-state index in [0.29, 0.717) is 19.0 Å². The molecular formula is C27H42BN3O4. The van der Waals surface area contributed by atoms with Crippen LogP contribution in [0.4, 0.5) is 4.79 Å². The molecule has 3 aliphatic rings. The SMILES string of the molecule is COc1ccc(C(CC(=O)OC(C)(C)C)N2CCN(CCCB3C4CCCC3CCC4)C2=O)cn1. The van der Waals surface area contributed by atoms with Crippen molar-refractivity contribution in [2.45, 2.75) is 102 Å². The lowest BCUT2D eigenvalue weighted by Gasteiger charge is -2.40. The average Bonchev–Trinajstić information content (AvgIpc) is 3.16. The smallest absolute Gasteiger partial charge is 0.320 e. The molecule has 0 saturated carbocycles. The van der Waals surface area contributed by atoms with Crippen LogP contribution in [-0.4, -0.2) is 65.8 Å². The lowest BCUT2D eigenvalue weighted by Crippen LogP contribution is -2.38. The molecule has 1 unspecified atom stereocenters. The van der Waals surface area contributed by atoms with Crippen molar-refractivity contribution in [1.82, 2.24) is 14.8 Å². The maximum absolute atomic E-state index is 13.4. The molecule has 0 N–H and O–H groups in total. The third kappa shape index (κ3) is 6.50. The first-order valence-electron chi connectivity index (χ1n) is 13.5. The molecule has 1 aromatic rings. The largest absolute Gasteiger partial charge is 0.481 e. The van der Waals surface area contributed by atoms with Gasteiger partial charge >= 0.3 is 12.0 Å². The Morgan fingerprint density at radius 1 is 1.14 bits per heavy atom. The summed E-state index contributed by atoms with van der Waals surface area (Å²) in [5.41, 5.74) is 0.250. The maximum Gasteiger partial charge on any atom is 0.320 e. The van der Waals surface area contributed by atoms with Crippen molar-refractivity contribution in [2.75, 3.05) is 26.7 Å². The van der Waals surface area contributed by atoms with Crippen molar-refractivity contribution in [2.24, 2.45) is 0 Å². The molecule has 192 valence electrons. The normalized spacial score (nSPS) is 23.4. The summed E-state index contributed by atoms with van der Waals surface area (Å²) in [7, 11) is 1.57. The van der Waals surface area contributed by atoms with Crippen molar-refractivity contribution < 1.29 is 19.1 Å². The number of ether oxygens (including phenoxy) is 2. The molecule has 0 spiro atoms. The zero-order valence-corrected chi connectivity index (χ0v) is 22.0. The van der Waals surface area contributed by atoms with Crippen LogP contribution in [0.15, 0.2) is 18.3 Å². The molecule has 7 nitrogen and oxygen atoms in total. The van der Waals surface area contributed by atoms with Gasteiger partial charge in [-0.1, -0.05) is 62.5 Å². The first-order chi connectivity index (χ1) is 16.7. The Bertz CT molecular complexity index is 850. The predicted octanol–water partition coefficient (Wildman–Crippen LogP) is 5.59. The summed E-state index contributed by atoms with van der Waals surface area (Å²) in [6.45, 7) is 8.54. The molecule has 3 saturated heterocycles. The Morgan fingerprint density at radius 2 is 1.83 bits per heavy atom. The van der Waals surface area contributed by atoms with Gasteiger partial charge in [-0.15, -0.1) is 0 Å². The summed E-state index contributed by atoms with van der Waals surface area (Å²) in [6, 6.07) is 3.27. The second-order valence-corrected chi connectivity index (χ2v) is 11.6. The van der Waals surface area contributed by atoms with E-state index in [4.69, 9.17) is 9.47 Å². The molecule has 1 atom stereocenters. The van der Waals surface area contributed by atoms with E-state index in [1.54, 1.807) is 19.4 Å². The molecule has 0 aliphatic carbocycles. The summed E-state index contributed by atoms with van der Waals surface area (Å²) in [5.74, 6) is 2.02. The fraction of sp³-hybridized carbons (Fsp3) is 0.741. The van der Waals surface area contributed by atoms with Crippen molar-refractivity contribution in [3.05, 3.63) is 23.9 Å². The van der Waals surface area contributed by atoms with E-state index in [0.717, 1.165) is 36.9 Å². The summed E-state index contributed by atoms with van der Waals surface area (Å²) < 4.78 is 10.8. The first-order valence-corrected chi connectivity index (χ1v) is 13.5. The van der Waals surface area contributed by atoms with Crippen molar-refractivity contribution >= 4 is 18.7 Å². The van der Waals surface area contributed by atoms with Crippen LogP contribution in [0.1, 0.15) is 83.7 Å². The van der Waals surface area contributed by atoms with Crippen molar-refractivity contribution in [3.63, 3.8) is 0 Å². The van der Waals surface area contributed by atoms with Gasteiger partial charge in [0.25, 0.3) is 0 Å². The van der Waals surface area contributed by atoms with Crippen LogP contribution in [0, 0.1) is 0 Å². The Kier molecular flexibility index (Phi) is 8.28. The second-order valence-electron chi connectivity index (χ2n) is 11.6. The second kappa shape index (κ2) is 11.2. The van der Waals surface area contributed by atoms with Gasteiger partial charge in [0.05, 0.1) is 19.6 Å². The Labute approximate surface area is 211 Å². The molecule has 4 heterocycles. The van der Waals surface area contributed by atoms with Gasteiger partial charge < -0.3 is 19.3 Å². The minimum atomic E-state index is -0.571. The summed E-state index contributed by atoms with van der Waals surface area (Å²) in [4.78, 5) is 34.3. The number of carbonyl (C=O) groups is 2. The number of esters is 1. The Hall–Kier alpha value is -2.25. The van der Waals surface area contributed by atoms with Gasteiger partial charge in [0.1, 0.15) is 12.3 Å². The van der Waals surface area contributed by atoms with E-state index in [1.165, 1.54) is 44.8 Å². The van der Waals surface area contributed by atoms with Gasteiger partial charge in [0.2, 0.25) is 5.88 Å². The summed E-state index contributed by atoms with van der Waals surface area (Å²) in [5, 5.41) is 0. The van der Waals surface area contributed by atoms with Gasteiger partial charge in [0, 0.05) is 31.9 Å². The van der Waals surface area contributed by atoms with Crippen LogP contribution in [0.25, 0.3) is 0 Å². The number of fused-ring (bicyclic) bond motifs is 2. The van der Waals surface area contributed by atoms with E-state index in [9.17, 15) is 9.59 Å². The van der Waals surface area contributed by atoms with E-state index < -0.39 is 11.6 Å². The quantitative estimate of drug-likeness (QED) is 0.338. The molecule has 0 radical (unpaired) electrons. The topological polar surface area (TPSA) is 72.0 Å². The van der Waals surface area contributed by atoms with Gasteiger partial charge in [-0.3, -0.25) is 4.79 Å². The molecule has 2 amide bonds. The summed E-state index contributed by atoms with van der Waals surface area (Å²) in [6.07, 6.45) is 12.5. The molecule has 3 fully saturated rings. The molecule has 0 aromatic carbocycles. The zero-order valence-electron chi connectivity index (χ0n) is 22.0. The molecule has 2 bridgehead atoms. The molecule has 8 heteroatoms. The standard InChI is InChI=1S/C27H42BN3O4/c1-27(2,3)35-25(32)18-23(20-12-13-24(34-4)29-19-20)31-17-16-30(26(31)33)15-7-14-28-21-8-5-9-22(28)11-6-10-21/h12-13,19,21-23H,5-11,14-18H2,1-4H3. The lowest BCUT2D eigenvalue weighted by molar-refractivity contribution is -0.156. The third-order valence-electron chi connectivity index (χ3n) is 8.11. The van der Waals surface area contributed by atoms with E-state index in [-0.39, 0.29) is 18.4 Å². The van der Waals surface area contributed by atoms with Crippen molar-refractivity contribution in [1.29, 1.82) is 0 Å². The number of hydrogen-bond acceptors (Lipinski definition) is 5. The fourth-order valence-electron chi connectivity index (χ4n) is 6.56. The van der Waals surface area contributed by atoms with Crippen LogP contribution < -0.4 is 4.74 Å². The Balaban J connectivity index is 1.39. The molecule has 4 rings (SSSR count). The van der Waals surface area contributed by atoms with Gasteiger partial charge in [-0.25, -0.2) is 9.78 Å². The highest BCUT2D eigenvalue weighted by Crippen LogP contribution is 2.48. The first kappa shape index (κ1) is 25.8. The highest BCUT2D eigenvalue weighted by molar-refractivity contribution is 6.62. The minimum absolute atomic E-state index is 0.0122. The molecular weight excluding hydrogens is 441 g/mol. The molecule has 3 aliphatic heterocycles. The minimum Gasteiger partial charge on any atom is -0.481 e. The number of hydrogen-bond donors (Lipinski definition) is 0. The van der Waals surface area contributed by atoms with Crippen LogP contribution >= 0.6 is 0 Å². The predicted molar refractivity (Wildman–Crippen MR) is 138 cm³/mol. The number of carbonyl (C=O) groups excluding carboxylic acids is 2. The molecule has 1 aromatic heterocycles. The number of methoxy groups -OCH3 is 1. The highest BCUT2D eigenvalue weighted by Gasteiger charge is 2.39. The Morgan fingerprint density at radius 3 is 2.40 bits per heavy atom. The zero-order chi connectivity index (χ0) is 25.0. The van der Waals surface area contributed by atoms with Gasteiger partial charge in [0.15, 0.2) is 0 Å². The van der Waals surface area contributed by atoms with Crippen LogP contribution in [0.3, 0.4) is 0 Å². The van der Waals surface area contributed by atoms with Crippen LogP contribution in [0.5, 0.6) is 5.88 Å². The maximum atomic E-state index is 13.4. The van der Waals surface area contributed by atoms with Gasteiger partial charge in [-0.05, 0) is 32.8 Å². The third-order valence-corrected chi connectivity index (χ3v) is 8.11. The highest BCUT2D eigenvalue weighted by atomic mass is 16.6. The number of urea groups is 1. The lowest BCUT2D eigenvalue weighted by atomic mass is 9.26. The van der Waals surface area contributed by atoms with Gasteiger partial charge in [-0.2, -0.15) is 0 Å². The molecule has 35 heavy (non-hydrogen) atoms. The number of aromatic nitrogens is 1. The number of pyridine rings is 1. The average molecular weight is 483 g/mol. The van der Waals surface area contributed by atoms with Crippen LogP contribution in [0.2, 0.25) is 18.0 Å². The monoisotopic (exact) mass is 483 g/mol. The summed E-state index contributed by atoms with van der Waals surface area (Å²) >= 11 is 0. The van der Waals surface area contributed by atoms with E-state index >= 15 is 0 Å². The number of amides is 2. The number of nitrogens with zero attached hydrogens (tertiary/aromatic N) is 3.